The summed E-state index contributed by atoms with van der Waals surface area (Å²) in [6.45, 7) is 4.09. The molecule has 0 aromatic rings. The molecule has 5 heteroatoms. The summed E-state index contributed by atoms with van der Waals surface area (Å²) < 4.78 is 4.45. The minimum absolute atomic E-state index is 0.00208. The van der Waals surface area contributed by atoms with Gasteiger partial charge in [0.1, 0.15) is 0 Å². The van der Waals surface area contributed by atoms with E-state index in [0.29, 0.717) is 6.54 Å². The van der Waals surface area contributed by atoms with E-state index in [9.17, 15) is 14.4 Å². The molecule has 1 atom stereocenters. The van der Waals surface area contributed by atoms with Crippen LogP contribution < -0.4 is 0 Å². The Morgan fingerprint density at radius 3 is 2.53 bits per heavy atom. The minimum Gasteiger partial charge on any atom is -0.468 e. The maximum atomic E-state index is 11.8. The molecule has 1 saturated heterocycles. The van der Waals surface area contributed by atoms with E-state index in [2.05, 4.69) is 4.74 Å². The Morgan fingerprint density at radius 2 is 2.07 bits per heavy atom. The van der Waals surface area contributed by atoms with Crippen LogP contribution >= 0.6 is 0 Å². The first-order valence-corrected chi connectivity index (χ1v) is 4.90. The number of esters is 1. The van der Waals surface area contributed by atoms with Crippen molar-refractivity contribution in [2.75, 3.05) is 13.7 Å². The number of rotatable bonds is 2. The Morgan fingerprint density at radius 1 is 1.47 bits per heavy atom. The van der Waals surface area contributed by atoms with Gasteiger partial charge in [0.2, 0.25) is 5.91 Å². The second-order valence-electron chi connectivity index (χ2n) is 3.80. The van der Waals surface area contributed by atoms with Gasteiger partial charge in [-0.1, -0.05) is 0 Å². The predicted molar refractivity (Wildman–Crippen MR) is 52.0 cm³/mol. The Hall–Kier alpha value is -1.39. The maximum Gasteiger partial charge on any atom is 0.325 e. The monoisotopic (exact) mass is 213 g/mol. The van der Waals surface area contributed by atoms with Crippen molar-refractivity contribution < 1.29 is 19.1 Å². The Bertz CT molecular complexity index is 290. The number of likely N-dealkylation sites (tertiary alicyclic amines) is 1. The van der Waals surface area contributed by atoms with Crippen LogP contribution in [0.2, 0.25) is 0 Å². The van der Waals surface area contributed by atoms with Gasteiger partial charge in [-0.05, 0) is 13.8 Å². The molecule has 0 aliphatic carbocycles. The molecule has 84 valence electrons. The van der Waals surface area contributed by atoms with Crippen LogP contribution in [0.15, 0.2) is 0 Å². The topological polar surface area (TPSA) is 63.7 Å². The molecule has 1 rings (SSSR count). The molecule has 15 heavy (non-hydrogen) atoms. The second kappa shape index (κ2) is 4.42. The molecule has 1 aliphatic rings. The number of piperidine rings is 1. The lowest BCUT2D eigenvalue weighted by Gasteiger charge is -2.33. The lowest BCUT2D eigenvalue weighted by Crippen LogP contribution is -2.51. The van der Waals surface area contributed by atoms with Crippen LogP contribution in [0.1, 0.15) is 20.3 Å². The summed E-state index contributed by atoms with van der Waals surface area (Å²) in [6.07, 6.45) is 0.226. The molecule has 0 spiro atoms. The average Bonchev–Trinajstić information content (AvgIpc) is 2.16. The third-order valence-corrected chi connectivity index (χ3v) is 2.51. The van der Waals surface area contributed by atoms with E-state index in [1.807, 2.05) is 13.8 Å². The first kappa shape index (κ1) is 11.7. The molecule has 0 bridgehead atoms. The molecular formula is C10H15NO4. The van der Waals surface area contributed by atoms with E-state index >= 15 is 0 Å². The van der Waals surface area contributed by atoms with Crippen LogP contribution in [0.3, 0.4) is 0 Å². The highest BCUT2D eigenvalue weighted by Crippen LogP contribution is 2.18. The molecule has 0 saturated carbocycles. The van der Waals surface area contributed by atoms with Crippen LogP contribution in [0.4, 0.5) is 0 Å². The van der Waals surface area contributed by atoms with Gasteiger partial charge >= 0.3 is 5.97 Å². The predicted octanol–water partition coefficient (Wildman–Crippen LogP) is -0.0146. The zero-order valence-electron chi connectivity index (χ0n) is 9.15. The largest absolute Gasteiger partial charge is 0.468 e. The lowest BCUT2D eigenvalue weighted by atomic mass is 9.94. The molecular weight excluding hydrogens is 198 g/mol. The van der Waals surface area contributed by atoms with E-state index in [1.165, 1.54) is 12.0 Å². The highest BCUT2D eigenvalue weighted by atomic mass is 16.5. The Kier molecular flexibility index (Phi) is 3.44. The number of ketones is 1. The molecule has 0 unspecified atom stereocenters. The van der Waals surface area contributed by atoms with Crippen molar-refractivity contribution in [3.8, 4) is 0 Å². The molecule has 1 fully saturated rings. The van der Waals surface area contributed by atoms with Crippen molar-refractivity contribution in [3.63, 3.8) is 0 Å². The Labute approximate surface area is 88.4 Å². The number of ether oxygens (including phenoxy) is 1. The molecule has 0 radical (unpaired) electrons. The first-order chi connectivity index (χ1) is 6.99. The molecule has 0 N–H and O–H groups in total. The third kappa shape index (κ3) is 2.16. The van der Waals surface area contributed by atoms with Gasteiger partial charge in [-0.3, -0.25) is 14.4 Å². The molecule has 5 nitrogen and oxygen atoms in total. The Balaban J connectivity index is 2.88. The standard InChI is InChI=1S/C10H15NO4/c1-6(2)11-5-4-7(12)8(9(11)13)10(14)15-3/h6,8H,4-5H2,1-3H3/t8-/m1/s1. The average molecular weight is 213 g/mol. The number of Topliss-reactive ketones (excluding diaryl/α,β-unsaturated/α-hetero) is 1. The third-order valence-electron chi connectivity index (χ3n) is 2.51. The van der Waals surface area contributed by atoms with Gasteiger partial charge in [-0.2, -0.15) is 0 Å². The van der Waals surface area contributed by atoms with E-state index in [4.69, 9.17) is 0 Å². The van der Waals surface area contributed by atoms with Crippen molar-refractivity contribution in [2.45, 2.75) is 26.3 Å². The van der Waals surface area contributed by atoms with Crippen LogP contribution in [0, 0.1) is 5.92 Å². The van der Waals surface area contributed by atoms with Crippen molar-refractivity contribution in [3.05, 3.63) is 0 Å². The maximum absolute atomic E-state index is 11.8. The van der Waals surface area contributed by atoms with E-state index in [-0.39, 0.29) is 18.2 Å². The number of carbonyl (C=O) groups excluding carboxylic acids is 3. The number of amides is 1. The molecule has 0 aromatic heterocycles. The van der Waals surface area contributed by atoms with Crippen LogP contribution in [-0.2, 0) is 19.1 Å². The number of carbonyl (C=O) groups is 3. The number of hydrogen-bond acceptors (Lipinski definition) is 4. The van der Waals surface area contributed by atoms with Gasteiger partial charge in [-0.15, -0.1) is 0 Å². The summed E-state index contributed by atoms with van der Waals surface area (Å²) in [4.78, 5) is 36.0. The lowest BCUT2D eigenvalue weighted by molar-refractivity contribution is -0.160. The van der Waals surface area contributed by atoms with E-state index < -0.39 is 17.8 Å². The molecule has 1 heterocycles. The summed E-state index contributed by atoms with van der Waals surface area (Å²) >= 11 is 0. The zero-order chi connectivity index (χ0) is 11.6. The smallest absolute Gasteiger partial charge is 0.325 e. The van der Waals surface area contributed by atoms with Gasteiger partial charge in [0, 0.05) is 19.0 Å². The van der Waals surface area contributed by atoms with Crippen LogP contribution in [-0.4, -0.2) is 42.3 Å². The number of hydrogen-bond donors (Lipinski definition) is 0. The van der Waals surface area contributed by atoms with Crippen LogP contribution in [0.5, 0.6) is 0 Å². The van der Waals surface area contributed by atoms with E-state index in [1.54, 1.807) is 0 Å². The highest BCUT2D eigenvalue weighted by molar-refractivity contribution is 6.17. The summed E-state index contributed by atoms with van der Waals surface area (Å²) in [5.74, 6) is -2.78. The fraction of sp³-hybridized carbons (Fsp3) is 0.700. The minimum atomic E-state index is -1.24. The van der Waals surface area contributed by atoms with Gasteiger partial charge in [-0.25, -0.2) is 0 Å². The van der Waals surface area contributed by atoms with Gasteiger partial charge in [0.25, 0.3) is 0 Å². The summed E-state index contributed by atoms with van der Waals surface area (Å²) in [7, 11) is 1.18. The first-order valence-electron chi connectivity index (χ1n) is 4.90. The summed E-state index contributed by atoms with van der Waals surface area (Å²) in [5.41, 5.74) is 0. The van der Waals surface area contributed by atoms with Gasteiger partial charge in [0.15, 0.2) is 11.7 Å². The molecule has 1 amide bonds. The summed E-state index contributed by atoms with van der Waals surface area (Å²) in [6, 6.07) is -0.00208. The normalized spacial score (nSPS) is 22.1. The zero-order valence-corrected chi connectivity index (χ0v) is 9.15. The van der Waals surface area contributed by atoms with Crippen molar-refractivity contribution >= 4 is 17.7 Å². The second-order valence-corrected chi connectivity index (χ2v) is 3.80. The quantitative estimate of drug-likeness (QED) is 0.478. The molecule has 0 aromatic carbocycles. The van der Waals surface area contributed by atoms with Crippen molar-refractivity contribution in [2.24, 2.45) is 5.92 Å². The fourth-order valence-electron chi connectivity index (χ4n) is 1.65. The highest BCUT2D eigenvalue weighted by Gasteiger charge is 2.41. The number of nitrogens with zero attached hydrogens (tertiary/aromatic N) is 1. The van der Waals surface area contributed by atoms with Gasteiger partial charge < -0.3 is 9.64 Å². The molecule has 1 aliphatic heterocycles. The fourth-order valence-corrected chi connectivity index (χ4v) is 1.65. The summed E-state index contributed by atoms with van der Waals surface area (Å²) in [5, 5.41) is 0. The van der Waals surface area contributed by atoms with Crippen molar-refractivity contribution in [1.82, 2.24) is 4.90 Å². The SMILES string of the molecule is COC(=O)[C@@H]1C(=O)CCN(C(C)C)C1=O. The van der Waals surface area contributed by atoms with Crippen molar-refractivity contribution in [1.29, 1.82) is 0 Å². The van der Waals surface area contributed by atoms with Crippen LogP contribution in [0.25, 0.3) is 0 Å². The van der Waals surface area contributed by atoms with Gasteiger partial charge in [0.05, 0.1) is 7.11 Å². The number of methoxy groups -OCH3 is 1. The van der Waals surface area contributed by atoms with E-state index in [0.717, 1.165) is 0 Å².